The van der Waals surface area contributed by atoms with Crippen molar-refractivity contribution in [3.63, 3.8) is 0 Å². The van der Waals surface area contributed by atoms with Crippen molar-refractivity contribution in [3.05, 3.63) is 154 Å². The molecule has 280 valence electrons. The van der Waals surface area contributed by atoms with Gasteiger partial charge in [0.15, 0.2) is 11.5 Å². The van der Waals surface area contributed by atoms with Crippen LogP contribution in [0, 0.1) is 20.8 Å². The lowest BCUT2D eigenvalue weighted by molar-refractivity contribution is 0.0476. The van der Waals surface area contributed by atoms with Gasteiger partial charge in [0, 0.05) is 32.7 Å². The largest absolute Gasteiger partial charge is 0.478 e. The number of benzene rings is 5. The van der Waals surface area contributed by atoms with E-state index in [1.165, 1.54) is 6.07 Å². The van der Waals surface area contributed by atoms with E-state index in [1.807, 2.05) is 118 Å². The van der Waals surface area contributed by atoms with Crippen LogP contribution in [0.5, 0.6) is 0 Å². The molecular weight excluding hydrogens is 713 g/mol. The average Bonchev–Trinajstić information content (AvgIpc) is 3.76. The fourth-order valence-electron chi connectivity index (χ4n) is 7.82. The highest BCUT2D eigenvalue weighted by molar-refractivity contribution is 6.07. The summed E-state index contributed by atoms with van der Waals surface area (Å²) in [7, 11) is 0. The minimum atomic E-state index is -1.09. The maximum absolute atomic E-state index is 14.5. The number of carboxylic acids is 1. The summed E-state index contributed by atoms with van der Waals surface area (Å²) >= 11 is 0. The predicted octanol–water partition coefficient (Wildman–Crippen LogP) is 12.4. The fraction of sp³-hybridized carbons (Fsp3) is 0.143. The molecule has 0 bridgehead atoms. The molecule has 4 aromatic heterocycles. The highest BCUT2D eigenvalue weighted by Crippen LogP contribution is 2.39. The van der Waals surface area contributed by atoms with E-state index < -0.39 is 11.9 Å². The van der Waals surface area contributed by atoms with E-state index in [0.717, 1.165) is 49.7 Å². The standard InChI is InChI=1S/C49H38N2O6/c1-26(2)31-19-27(3)45-36(21-31)38(24-40(50-45)46-29(5)33-15-9-11-17-42(33)56-46)49(54)55-25-39-34-16-10-12-18-43(34)57-47(39)41-23-37(48(52)53)35-22-32(20-28(4)44(35)51-41)30-13-7-6-8-14-30/h6-24,26H,25H2,1-5H3,(H,52,53). The Balaban J connectivity index is 1.16. The average molecular weight is 751 g/mol. The number of fused-ring (bicyclic) bond motifs is 4. The molecule has 0 amide bonds. The molecule has 0 saturated heterocycles. The monoisotopic (exact) mass is 750 g/mol. The van der Waals surface area contributed by atoms with Gasteiger partial charge in [-0.3, -0.25) is 0 Å². The summed E-state index contributed by atoms with van der Waals surface area (Å²) in [6.45, 7) is 9.98. The lowest BCUT2D eigenvalue weighted by atomic mass is 9.95. The van der Waals surface area contributed by atoms with Crippen molar-refractivity contribution in [2.75, 3.05) is 0 Å². The Morgan fingerprint density at radius 1 is 0.632 bits per heavy atom. The molecule has 5 aromatic carbocycles. The molecule has 0 aliphatic heterocycles. The number of esters is 1. The number of para-hydroxylation sites is 2. The van der Waals surface area contributed by atoms with Crippen LogP contribution in [0.15, 0.2) is 124 Å². The second-order valence-electron chi connectivity index (χ2n) is 14.9. The van der Waals surface area contributed by atoms with Gasteiger partial charge in [0.25, 0.3) is 0 Å². The lowest BCUT2D eigenvalue weighted by Crippen LogP contribution is -2.09. The predicted molar refractivity (Wildman–Crippen MR) is 224 cm³/mol. The molecule has 0 fully saturated rings. The first-order valence-electron chi connectivity index (χ1n) is 18.9. The van der Waals surface area contributed by atoms with Crippen LogP contribution in [0.2, 0.25) is 0 Å². The number of nitrogens with zero attached hydrogens (tertiary/aromatic N) is 2. The second-order valence-corrected chi connectivity index (χ2v) is 14.9. The van der Waals surface area contributed by atoms with Gasteiger partial charge in [0.05, 0.1) is 22.2 Å². The molecular formula is C49H38N2O6. The van der Waals surface area contributed by atoms with Gasteiger partial charge in [-0.1, -0.05) is 86.6 Å². The molecule has 1 N–H and O–H groups in total. The smallest absolute Gasteiger partial charge is 0.339 e. The Morgan fingerprint density at radius 2 is 1.21 bits per heavy atom. The SMILES string of the molecule is Cc1c(-c2cc(C(=O)OCc3c(-c4cc(C(=O)O)c5cc(-c6ccccc6)cc(C)c5n4)oc4ccccc34)c3cc(C(C)C)cc(C)c3n2)oc2ccccc12. The van der Waals surface area contributed by atoms with Crippen molar-refractivity contribution in [2.45, 2.75) is 47.1 Å². The number of pyridine rings is 2. The number of aryl methyl sites for hydroxylation is 3. The third kappa shape index (κ3) is 6.19. The summed E-state index contributed by atoms with van der Waals surface area (Å²) in [6.07, 6.45) is 0. The Labute approximate surface area is 328 Å². The van der Waals surface area contributed by atoms with Gasteiger partial charge >= 0.3 is 11.9 Å². The zero-order chi connectivity index (χ0) is 39.5. The van der Waals surface area contributed by atoms with Crippen molar-refractivity contribution in [1.82, 2.24) is 9.97 Å². The van der Waals surface area contributed by atoms with Gasteiger partial charge in [-0.2, -0.15) is 0 Å². The van der Waals surface area contributed by atoms with Crippen LogP contribution in [-0.4, -0.2) is 27.0 Å². The lowest BCUT2D eigenvalue weighted by Gasteiger charge is -2.15. The van der Waals surface area contributed by atoms with Crippen LogP contribution in [-0.2, 0) is 11.3 Å². The zero-order valence-electron chi connectivity index (χ0n) is 32.1. The van der Waals surface area contributed by atoms with Crippen LogP contribution in [0.1, 0.15) is 68.3 Å². The summed E-state index contributed by atoms with van der Waals surface area (Å²) in [4.78, 5) is 37.4. The first kappa shape index (κ1) is 35.6. The number of hydrogen-bond donors (Lipinski definition) is 1. The molecule has 0 aliphatic carbocycles. The number of aromatic nitrogens is 2. The summed E-state index contributed by atoms with van der Waals surface area (Å²) in [5.74, 6) is -0.501. The van der Waals surface area contributed by atoms with Gasteiger partial charge in [-0.25, -0.2) is 19.6 Å². The second kappa shape index (κ2) is 13.9. The summed E-state index contributed by atoms with van der Waals surface area (Å²) in [5, 5.41) is 13.4. The minimum Gasteiger partial charge on any atom is -0.478 e. The number of carbonyl (C=O) groups is 2. The van der Waals surface area contributed by atoms with Crippen molar-refractivity contribution >= 4 is 55.7 Å². The molecule has 57 heavy (non-hydrogen) atoms. The number of aromatic carboxylic acids is 1. The maximum Gasteiger partial charge on any atom is 0.339 e. The van der Waals surface area contributed by atoms with Crippen molar-refractivity contribution in [3.8, 4) is 34.0 Å². The van der Waals surface area contributed by atoms with E-state index in [-0.39, 0.29) is 18.1 Å². The molecule has 0 radical (unpaired) electrons. The van der Waals surface area contributed by atoms with Crippen LogP contribution in [0.3, 0.4) is 0 Å². The summed E-state index contributed by atoms with van der Waals surface area (Å²) in [5.41, 5.74) is 10.0. The van der Waals surface area contributed by atoms with E-state index in [9.17, 15) is 14.7 Å². The van der Waals surface area contributed by atoms with Crippen molar-refractivity contribution < 1.29 is 28.3 Å². The Morgan fingerprint density at radius 3 is 1.89 bits per heavy atom. The summed E-state index contributed by atoms with van der Waals surface area (Å²) < 4.78 is 19.0. The van der Waals surface area contributed by atoms with E-state index in [1.54, 1.807) is 6.07 Å². The molecule has 0 saturated carbocycles. The van der Waals surface area contributed by atoms with Crippen LogP contribution in [0.4, 0.5) is 0 Å². The molecule has 8 heteroatoms. The number of carbonyl (C=O) groups excluding carboxylic acids is 1. The molecule has 0 unspecified atom stereocenters. The van der Waals surface area contributed by atoms with Crippen molar-refractivity contribution in [1.29, 1.82) is 0 Å². The maximum atomic E-state index is 14.5. The Hall–Kier alpha value is -7.06. The first-order chi connectivity index (χ1) is 27.5. The third-order valence-corrected chi connectivity index (χ3v) is 10.8. The number of carboxylic acid groups (broad SMARTS) is 1. The van der Waals surface area contributed by atoms with Gasteiger partial charge in [-0.15, -0.1) is 0 Å². The molecule has 0 spiro atoms. The highest BCUT2D eigenvalue weighted by atomic mass is 16.5. The highest BCUT2D eigenvalue weighted by Gasteiger charge is 2.25. The molecule has 0 atom stereocenters. The van der Waals surface area contributed by atoms with Gasteiger partial charge in [0.2, 0.25) is 0 Å². The van der Waals surface area contributed by atoms with E-state index in [2.05, 4.69) is 19.9 Å². The van der Waals surface area contributed by atoms with Crippen molar-refractivity contribution in [2.24, 2.45) is 0 Å². The molecule has 9 rings (SSSR count). The number of ether oxygens (including phenoxy) is 1. The summed E-state index contributed by atoms with van der Waals surface area (Å²) in [6, 6.07) is 36.4. The van der Waals surface area contributed by atoms with Gasteiger partial charge < -0.3 is 18.7 Å². The minimum absolute atomic E-state index is 0.0901. The first-order valence-corrected chi connectivity index (χ1v) is 18.9. The van der Waals surface area contributed by atoms with E-state index >= 15 is 0 Å². The van der Waals surface area contributed by atoms with Gasteiger partial charge in [0.1, 0.15) is 29.2 Å². The van der Waals surface area contributed by atoms with Crippen LogP contribution in [0.25, 0.3) is 77.8 Å². The fourth-order valence-corrected chi connectivity index (χ4v) is 7.82. The van der Waals surface area contributed by atoms with Gasteiger partial charge in [-0.05, 0) is 97.0 Å². The normalized spacial score (nSPS) is 11.7. The number of rotatable bonds is 8. The van der Waals surface area contributed by atoms with E-state index in [0.29, 0.717) is 61.4 Å². The third-order valence-electron chi connectivity index (χ3n) is 10.8. The molecule has 8 nitrogen and oxygen atoms in total. The quantitative estimate of drug-likeness (QED) is 0.153. The molecule has 0 aliphatic rings. The Bertz CT molecular complexity index is 3080. The molecule has 9 aromatic rings. The Kier molecular flexibility index (Phi) is 8.69. The van der Waals surface area contributed by atoms with Crippen LogP contribution >= 0.6 is 0 Å². The number of hydrogen-bond acceptors (Lipinski definition) is 7. The number of furan rings is 2. The topological polar surface area (TPSA) is 116 Å². The van der Waals surface area contributed by atoms with E-state index in [4.69, 9.17) is 23.5 Å². The molecule has 4 heterocycles. The van der Waals surface area contributed by atoms with Crippen LogP contribution < -0.4 is 0 Å². The zero-order valence-corrected chi connectivity index (χ0v) is 32.1.